The second-order valence-electron chi connectivity index (χ2n) is 3.78. The van der Waals surface area contributed by atoms with Crippen LogP contribution in [0.5, 0.6) is 0 Å². The molecule has 0 saturated heterocycles. The Labute approximate surface area is 109 Å². The van der Waals surface area contributed by atoms with Gasteiger partial charge in [0.25, 0.3) is 5.69 Å². The first-order valence-electron chi connectivity index (χ1n) is 5.39. The fraction of sp³-hybridized carbons (Fsp3) is 0.400. The van der Waals surface area contributed by atoms with Crippen LogP contribution >= 0.6 is 0 Å². The molecule has 0 aliphatic heterocycles. The predicted octanol–water partition coefficient (Wildman–Crippen LogP) is 0.783. The van der Waals surface area contributed by atoms with E-state index in [4.69, 9.17) is 5.11 Å². The van der Waals surface area contributed by atoms with Crippen molar-refractivity contribution >= 4 is 15.7 Å². The first kappa shape index (κ1) is 15.5. The summed E-state index contributed by atoms with van der Waals surface area (Å²) in [6.07, 6.45) is 0.310. The van der Waals surface area contributed by atoms with Gasteiger partial charge in [0.1, 0.15) is 5.82 Å². The Kier molecular flexibility index (Phi) is 4.92. The van der Waals surface area contributed by atoms with Gasteiger partial charge >= 0.3 is 0 Å². The zero-order valence-electron chi connectivity index (χ0n) is 10.0. The van der Waals surface area contributed by atoms with E-state index in [9.17, 15) is 22.9 Å². The second kappa shape index (κ2) is 6.04. The minimum Gasteiger partial charge on any atom is -0.395 e. The summed E-state index contributed by atoms with van der Waals surface area (Å²) >= 11 is 0. The lowest BCUT2D eigenvalue weighted by molar-refractivity contribution is -0.388. The smallest absolute Gasteiger partial charge is 0.292 e. The first-order valence-corrected chi connectivity index (χ1v) is 6.87. The highest BCUT2D eigenvalue weighted by molar-refractivity contribution is 7.89. The van der Waals surface area contributed by atoms with E-state index in [0.717, 1.165) is 12.1 Å². The summed E-state index contributed by atoms with van der Waals surface area (Å²) in [5.41, 5.74) is -0.847. The van der Waals surface area contributed by atoms with Crippen LogP contribution in [-0.2, 0) is 10.0 Å². The van der Waals surface area contributed by atoms with Crippen LogP contribution < -0.4 is 4.72 Å². The summed E-state index contributed by atoms with van der Waals surface area (Å²) in [5.74, 6) is -0.903. The third-order valence-electron chi connectivity index (χ3n) is 2.44. The van der Waals surface area contributed by atoms with E-state index in [0.29, 0.717) is 12.5 Å². The van der Waals surface area contributed by atoms with E-state index in [-0.39, 0.29) is 0 Å². The molecule has 0 unspecified atom stereocenters. The fourth-order valence-electron chi connectivity index (χ4n) is 1.39. The number of hydrogen-bond donors (Lipinski definition) is 2. The highest BCUT2D eigenvalue weighted by Gasteiger charge is 2.28. The number of nitrogens with zero attached hydrogens (tertiary/aromatic N) is 1. The lowest BCUT2D eigenvalue weighted by Crippen LogP contribution is -2.37. The van der Waals surface area contributed by atoms with Crippen LogP contribution in [0.15, 0.2) is 23.1 Å². The highest BCUT2D eigenvalue weighted by Crippen LogP contribution is 2.24. The predicted molar refractivity (Wildman–Crippen MR) is 64.5 cm³/mol. The minimum absolute atomic E-state index is 0.310. The Morgan fingerprint density at radius 1 is 1.53 bits per heavy atom. The van der Waals surface area contributed by atoms with Gasteiger partial charge < -0.3 is 5.11 Å². The molecule has 9 heteroatoms. The molecule has 106 valence electrons. The Morgan fingerprint density at radius 2 is 2.16 bits per heavy atom. The van der Waals surface area contributed by atoms with Crippen molar-refractivity contribution in [3.63, 3.8) is 0 Å². The topological polar surface area (TPSA) is 110 Å². The van der Waals surface area contributed by atoms with Crippen LogP contribution in [0.25, 0.3) is 0 Å². The monoisotopic (exact) mass is 292 g/mol. The number of halogens is 1. The van der Waals surface area contributed by atoms with E-state index in [1.165, 1.54) is 0 Å². The van der Waals surface area contributed by atoms with Gasteiger partial charge in [0, 0.05) is 6.04 Å². The van der Waals surface area contributed by atoms with Gasteiger partial charge in [-0.1, -0.05) is 6.92 Å². The summed E-state index contributed by atoms with van der Waals surface area (Å²) in [7, 11) is -4.19. The van der Waals surface area contributed by atoms with E-state index in [2.05, 4.69) is 4.72 Å². The number of rotatable bonds is 6. The van der Waals surface area contributed by atoms with Crippen LogP contribution in [0.4, 0.5) is 10.1 Å². The Morgan fingerprint density at radius 3 is 2.63 bits per heavy atom. The number of sulfonamides is 1. The Balaban J connectivity index is 3.25. The molecule has 1 aromatic rings. The zero-order valence-corrected chi connectivity index (χ0v) is 10.9. The molecule has 7 nitrogen and oxygen atoms in total. The molecule has 0 amide bonds. The molecule has 1 aromatic carbocycles. The molecule has 2 N–H and O–H groups in total. The molecule has 0 bridgehead atoms. The van der Waals surface area contributed by atoms with Gasteiger partial charge in [-0.2, -0.15) is 0 Å². The van der Waals surface area contributed by atoms with Crippen LogP contribution in [0.3, 0.4) is 0 Å². The van der Waals surface area contributed by atoms with Crippen molar-refractivity contribution < 1.29 is 22.8 Å². The SMILES string of the molecule is CC[C@H](CO)NS(=O)(=O)c1ccc(F)cc1[N+](=O)[O-]. The van der Waals surface area contributed by atoms with E-state index in [1.807, 2.05) is 0 Å². The molecule has 19 heavy (non-hydrogen) atoms. The second-order valence-corrected chi connectivity index (χ2v) is 5.46. The minimum atomic E-state index is -4.19. The molecule has 0 fully saturated rings. The number of nitro benzene ring substituents is 1. The number of benzene rings is 1. The largest absolute Gasteiger partial charge is 0.395 e. The maximum Gasteiger partial charge on any atom is 0.292 e. The number of aliphatic hydroxyl groups excluding tert-OH is 1. The van der Waals surface area contributed by atoms with Crippen LogP contribution in [-0.4, -0.2) is 31.1 Å². The lowest BCUT2D eigenvalue weighted by Gasteiger charge is -2.14. The fourth-order valence-corrected chi connectivity index (χ4v) is 2.86. The van der Waals surface area contributed by atoms with Crippen molar-refractivity contribution in [2.75, 3.05) is 6.61 Å². The average Bonchev–Trinajstić information content (AvgIpc) is 2.35. The van der Waals surface area contributed by atoms with Crippen molar-refractivity contribution in [2.24, 2.45) is 0 Å². The van der Waals surface area contributed by atoms with Gasteiger partial charge in [0.05, 0.1) is 17.6 Å². The third kappa shape index (κ3) is 3.69. The quantitative estimate of drug-likeness (QED) is 0.595. The van der Waals surface area contributed by atoms with Crippen LogP contribution in [0, 0.1) is 15.9 Å². The standard InChI is InChI=1S/C10H13FN2O5S/c1-2-8(6-14)12-19(17,18)10-4-3-7(11)5-9(10)13(15)16/h3-5,8,12,14H,2,6H2,1H3/t8-/m1/s1. The van der Waals surface area contributed by atoms with Gasteiger partial charge in [0.2, 0.25) is 10.0 Å². The van der Waals surface area contributed by atoms with Crippen molar-refractivity contribution in [3.05, 3.63) is 34.1 Å². The number of nitro groups is 1. The molecule has 0 saturated carbocycles. The number of aliphatic hydroxyl groups is 1. The third-order valence-corrected chi connectivity index (χ3v) is 4.01. The molecule has 0 radical (unpaired) electrons. The van der Waals surface area contributed by atoms with Crippen molar-refractivity contribution in [1.29, 1.82) is 0 Å². The van der Waals surface area contributed by atoms with Crippen LogP contribution in [0.1, 0.15) is 13.3 Å². The van der Waals surface area contributed by atoms with E-state index >= 15 is 0 Å². The van der Waals surface area contributed by atoms with Gasteiger partial charge in [-0.25, -0.2) is 17.5 Å². The van der Waals surface area contributed by atoms with Crippen LogP contribution in [0.2, 0.25) is 0 Å². The Bertz CT molecular complexity index is 571. The normalized spacial score (nSPS) is 13.2. The Hall–Kier alpha value is -1.58. The molecular formula is C10H13FN2O5S. The van der Waals surface area contributed by atoms with Crippen molar-refractivity contribution in [2.45, 2.75) is 24.3 Å². The van der Waals surface area contributed by atoms with Gasteiger partial charge in [-0.05, 0) is 18.6 Å². The maximum absolute atomic E-state index is 12.9. The molecule has 0 heterocycles. The van der Waals surface area contributed by atoms with E-state index < -0.39 is 44.0 Å². The summed E-state index contributed by atoms with van der Waals surface area (Å²) in [6.45, 7) is 1.20. The number of nitrogens with one attached hydrogen (secondary N) is 1. The summed E-state index contributed by atoms with van der Waals surface area (Å²) in [6, 6.07) is 1.42. The summed E-state index contributed by atoms with van der Waals surface area (Å²) < 4.78 is 38.9. The molecule has 1 atom stereocenters. The van der Waals surface area contributed by atoms with Crippen molar-refractivity contribution in [1.82, 2.24) is 4.72 Å². The average molecular weight is 292 g/mol. The molecule has 1 rings (SSSR count). The van der Waals surface area contributed by atoms with E-state index in [1.54, 1.807) is 6.92 Å². The molecule has 0 aromatic heterocycles. The molecule has 0 aliphatic carbocycles. The maximum atomic E-state index is 12.9. The first-order chi connectivity index (χ1) is 8.81. The van der Waals surface area contributed by atoms with Gasteiger partial charge in [-0.3, -0.25) is 10.1 Å². The number of hydrogen-bond acceptors (Lipinski definition) is 5. The van der Waals surface area contributed by atoms with Crippen molar-refractivity contribution in [3.8, 4) is 0 Å². The molecule has 0 aliphatic rings. The van der Waals surface area contributed by atoms with Gasteiger partial charge in [-0.15, -0.1) is 0 Å². The summed E-state index contributed by atoms with van der Waals surface area (Å²) in [5, 5.41) is 19.7. The zero-order chi connectivity index (χ0) is 14.6. The lowest BCUT2D eigenvalue weighted by atomic mass is 10.3. The summed E-state index contributed by atoms with van der Waals surface area (Å²) in [4.78, 5) is 9.13. The molecule has 0 spiro atoms. The molecular weight excluding hydrogens is 279 g/mol. The van der Waals surface area contributed by atoms with Gasteiger partial charge in [0.15, 0.2) is 4.90 Å². The highest BCUT2D eigenvalue weighted by atomic mass is 32.2.